The first kappa shape index (κ1) is 12.3. The molecule has 1 fully saturated rings. The Hall–Kier alpha value is -1.76. The zero-order chi connectivity index (χ0) is 13.1. The van der Waals surface area contributed by atoms with Gasteiger partial charge in [0.05, 0.1) is 0 Å². The van der Waals surface area contributed by atoms with Gasteiger partial charge in [-0.2, -0.15) is 0 Å². The van der Waals surface area contributed by atoms with Gasteiger partial charge in [0.1, 0.15) is 5.82 Å². The Morgan fingerprint density at radius 3 is 2.95 bits per heavy atom. The molecule has 1 saturated heterocycles. The van der Waals surface area contributed by atoms with Gasteiger partial charge in [-0.25, -0.2) is 0 Å². The number of hydrogen-bond donors (Lipinski definition) is 1. The average molecular weight is 261 g/mol. The second-order valence-corrected chi connectivity index (χ2v) is 4.93. The van der Waals surface area contributed by atoms with E-state index in [0.29, 0.717) is 11.7 Å². The minimum atomic E-state index is 0.578. The zero-order valence-electron chi connectivity index (χ0n) is 11.2. The molecule has 3 rings (SSSR count). The van der Waals surface area contributed by atoms with Gasteiger partial charge in [-0.05, 0) is 54.9 Å². The van der Waals surface area contributed by atoms with Gasteiger partial charge in [-0.1, -0.05) is 6.92 Å². The maximum Gasteiger partial charge on any atom is 0.200 e. The Bertz CT molecular complexity index is 532. The molecule has 0 spiro atoms. The molecule has 1 aliphatic rings. The standard InChI is InChI=1S/C12H19N7/c1-2-10(18-7-3-4-8-18)9-13-11-5-6-12-14-16-17-19(12)15-11/h5-6,10H,2-4,7-9H2,1H3,(H,13,15)/t10-/m0/s1. The summed E-state index contributed by atoms with van der Waals surface area (Å²) in [5, 5.41) is 18.9. The van der Waals surface area contributed by atoms with Crippen LogP contribution in [0.25, 0.3) is 5.65 Å². The van der Waals surface area contributed by atoms with Crippen LogP contribution in [-0.2, 0) is 0 Å². The van der Waals surface area contributed by atoms with Crippen molar-refractivity contribution in [1.82, 2.24) is 30.2 Å². The van der Waals surface area contributed by atoms with Gasteiger partial charge in [-0.3, -0.25) is 4.90 Å². The number of fused-ring (bicyclic) bond motifs is 1. The number of tetrazole rings is 1. The zero-order valence-corrected chi connectivity index (χ0v) is 11.2. The second kappa shape index (κ2) is 5.48. The Kier molecular flexibility index (Phi) is 3.54. The highest BCUT2D eigenvalue weighted by molar-refractivity contribution is 5.42. The van der Waals surface area contributed by atoms with E-state index in [1.165, 1.54) is 30.6 Å². The van der Waals surface area contributed by atoms with Crippen molar-refractivity contribution >= 4 is 11.5 Å². The summed E-state index contributed by atoms with van der Waals surface area (Å²) in [5.41, 5.74) is 0.664. The van der Waals surface area contributed by atoms with Crippen LogP contribution in [0.5, 0.6) is 0 Å². The van der Waals surface area contributed by atoms with Gasteiger partial charge in [-0.15, -0.1) is 14.8 Å². The minimum Gasteiger partial charge on any atom is -0.367 e. The number of rotatable bonds is 5. The summed E-state index contributed by atoms with van der Waals surface area (Å²) < 4.78 is 1.44. The minimum absolute atomic E-state index is 0.578. The van der Waals surface area contributed by atoms with Gasteiger partial charge in [0, 0.05) is 12.6 Å². The number of likely N-dealkylation sites (tertiary alicyclic amines) is 1. The molecular weight excluding hydrogens is 242 g/mol. The first-order valence-electron chi connectivity index (χ1n) is 6.90. The van der Waals surface area contributed by atoms with Gasteiger partial charge in [0.15, 0.2) is 5.65 Å². The summed E-state index contributed by atoms with van der Waals surface area (Å²) in [6.45, 7) is 5.60. The molecule has 102 valence electrons. The van der Waals surface area contributed by atoms with Crippen molar-refractivity contribution < 1.29 is 0 Å². The Morgan fingerprint density at radius 2 is 2.16 bits per heavy atom. The predicted octanol–water partition coefficient (Wildman–Crippen LogP) is 0.806. The molecule has 3 heterocycles. The van der Waals surface area contributed by atoms with Crippen LogP contribution in [0, 0.1) is 0 Å². The van der Waals surface area contributed by atoms with Crippen LogP contribution in [0.15, 0.2) is 12.1 Å². The lowest BCUT2D eigenvalue weighted by atomic mass is 10.2. The van der Waals surface area contributed by atoms with E-state index in [4.69, 9.17) is 0 Å². The number of anilines is 1. The van der Waals surface area contributed by atoms with Crippen LogP contribution in [0.2, 0.25) is 0 Å². The van der Waals surface area contributed by atoms with E-state index in [0.717, 1.165) is 18.8 Å². The Balaban J connectivity index is 1.63. The van der Waals surface area contributed by atoms with Gasteiger partial charge < -0.3 is 5.32 Å². The van der Waals surface area contributed by atoms with E-state index in [1.807, 2.05) is 12.1 Å². The van der Waals surface area contributed by atoms with Crippen LogP contribution >= 0.6 is 0 Å². The third-order valence-electron chi connectivity index (χ3n) is 3.72. The summed E-state index contributed by atoms with van der Waals surface area (Å²) in [5.74, 6) is 0.817. The van der Waals surface area contributed by atoms with E-state index in [9.17, 15) is 0 Å². The lowest BCUT2D eigenvalue weighted by Gasteiger charge is -2.26. The van der Waals surface area contributed by atoms with Crippen LogP contribution < -0.4 is 5.32 Å². The largest absolute Gasteiger partial charge is 0.367 e. The summed E-state index contributed by atoms with van der Waals surface area (Å²) in [6, 6.07) is 4.36. The number of aromatic nitrogens is 5. The van der Waals surface area contributed by atoms with Crippen molar-refractivity contribution in [3.63, 3.8) is 0 Å². The third kappa shape index (κ3) is 2.65. The maximum absolute atomic E-state index is 4.32. The number of nitrogens with zero attached hydrogens (tertiary/aromatic N) is 6. The van der Waals surface area contributed by atoms with Crippen molar-refractivity contribution in [2.45, 2.75) is 32.2 Å². The predicted molar refractivity (Wildman–Crippen MR) is 72.0 cm³/mol. The van der Waals surface area contributed by atoms with Gasteiger partial charge >= 0.3 is 0 Å². The second-order valence-electron chi connectivity index (χ2n) is 4.93. The molecular formula is C12H19N7. The van der Waals surface area contributed by atoms with Crippen LogP contribution in [0.4, 0.5) is 5.82 Å². The summed E-state index contributed by atoms with van der Waals surface area (Å²) in [7, 11) is 0. The lowest BCUT2D eigenvalue weighted by molar-refractivity contribution is 0.246. The molecule has 0 unspecified atom stereocenters. The van der Waals surface area contributed by atoms with E-state index in [1.54, 1.807) is 0 Å². The number of nitrogens with one attached hydrogen (secondary N) is 1. The monoisotopic (exact) mass is 261 g/mol. The third-order valence-corrected chi connectivity index (χ3v) is 3.72. The van der Waals surface area contributed by atoms with Crippen molar-refractivity contribution in [2.24, 2.45) is 0 Å². The Morgan fingerprint density at radius 1 is 1.32 bits per heavy atom. The fourth-order valence-electron chi connectivity index (χ4n) is 2.60. The fourth-order valence-corrected chi connectivity index (χ4v) is 2.60. The van der Waals surface area contributed by atoms with Gasteiger partial charge in [0.2, 0.25) is 0 Å². The van der Waals surface area contributed by atoms with Crippen molar-refractivity contribution in [3.8, 4) is 0 Å². The SMILES string of the molecule is CC[C@@H](CNc1ccc2nnnn2n1)N1CCCC1. The number of hydrogen-bond acceptors (Lipinski definition) is 6. The first-order valence-corrected chi connectivity index (χ1v) is 6.90. The van der Waals surface area contributed by atoms with E-state index in [-0.39, 0.29) is 0 Å². The quantitative estimate of drug-likeness (QED) is 0.858. The lowest BCUT2D eigenvalue weighted by Crippen LogP contribution is -2.37. The molecule has 0 radical (unpaired) electrons. The van der Waals surface area contributed by atoms with Crippen molar-refractivity contribution in [1.29, 1.82) is 0 Å². The van der Waals surface area contributed by atoms with Crippen LogP contribution in [0.1, 0.15) is 26.2 Å². The van der Waals surface area contributed by atoms with Crippen molar-refractivity contribution in [2.75, 3.05) is 25.0 Å². The molecule has 0 aliphatic carbocycles. The van der Waals surface area contributed by atoms with E-state index < -0.39 is 0 Å². The molecule has 7 nitrogen and oxygen atoms in total. The highest BCUT2D eigenvalue weighted by atomic mass is 15.6. The van der Waals surface area contributed by atoms with Crippen molar-refractivity contribution in [3.05, 3.63) is 12.1 Å². The summed E-state index contributed by atoms with van der Waals surface area (Å²) in [6.07, 6.45) is 3.80. The van der Waals surface area contributed by atoms with E-state index >= 15 is 0 Å². The molecule has 0 aromatic carbocycles. The topological polar surface area (TPSA) is 71.2 Å². The highest BCUT2D eigenvalue weighted by Crippen LogP contribution is 2.14. The molecule has 1 N–H and O–H groups in total. The molecule has 1 aliphatic heterocycles. The molecule has 2 aromatic rings. The molecule has 0 saturated carbocycles. The molecule has 2 aromatic heterocycles. The molecule has 7 heteroatoms. The molecule has 0 bridgehead atoms. The first-order chi connectivity index (χ1) is 9.36. The summed E-state index contributed by atoms with van der Waals surface area (Å²) >= 11 is 0. The smallest absolute Gasteiger partial charge is 0.200 e. The molecule has 1 atom stereocenters. The molecule has 0 amide bonds. The Labute approximate surface area is 112 Å². The normalized spacial score (nSPS) is 17.9. The fraction of sp³-hybridized carbons (Fsp3) is 0.667. The van der Waals surface area contributed by atoms with E-state index in [2.05, 4.69) is 37.8 Å². The van der Waals surface area contributed by atoms with Crippen LogP contribution in [-0.4, -0.2) is 55.8 Å². The summed E-state index contributed by atoms with van der Waals surface area (Å²) in [4.78, 5) is 2.56. The average Bonchev–Trinajstić information content (AvgIpc) is 3.10. The molecule has 19 heavy (non-hydrogen) atoms. The van der Waals surface area contributed by atoms with Gasteiger partial charge in [0.25, 0.3) is 0 Å². The highest BCUT2D eigenvalue weighted by Gasteiger charge is 2.20. The van der Waals surface area contributed by atoms with Crippen LogP contribution in [0.3, 0.4) is 0 Å². The maximum atomic E-state index is 4.32.